The lowest BCUT2D eigenvalue weighted by Crippen LogP contribution is -2.01. The van der Waals surface area contributed by atoms with E-state index in [1.54, 1.807) is 54.6 Å². The summed E-state index contributed by atoms with van der Waals surface area (Å²) in [4.78, 5) is 12.0. The Kier molecular flexibility index (Phi) is 5.36. The summed E-state index contributed by atoms with van der Waals surface area (Å²) in [5.41, 5.74) is 0.369. The lowest BCUT2D eigenvalue weighted by atomic mass is 10.0. The molecule has 0 aromatic heterocycles. The SMILES string of the molecule is O=C(c1ccccc1)c1c(O)cccc1O.Oc1ccccc1. The molecule has 3 rings (SSSR count). The Morgan fingerprint density at radius 3 is 1.52 bits per heavy atom. The van der Waals surface area contributed by atoms with Gasteiger partial charge in [-0.05, 0) is 24.3 Å². The molecule has 0 saturated heterocycles. The molecule has 0 aliphatic heterocycles. The molecule has 3 aromatic carbocycles. The molecule has 3 N–H and O–H groups in total. The topological polar surface area (TPSA) is 77.8 Å². The maximum absolute atomic E-state index is 12.0. The summed E-state index contributed by atoms with van der Waals surface area (Å²) in [6, 6.07) is 21.4. The Morgan fingerprint density at radius 1 is 0.609 bits per heavy atom. The Bertz CT molecular complexity index is 748. The number of hydrogen-bond donors (Lipinski definition) is 3. The number of para-hydroxylation sites is 1. The minimum absolute atomic E-state index is 0.0614. The molecule has 0 radical (unpaired) electrons. The van der Waals surface area contributed by atoms with Crippen LogP contribution in [-0.2, 0) is 0 Å². The lowest BCUT2D eigenvalue weighted by Gasteiger charge is -2.05. The van der Waals surface area contributed by atoms with E-state index in [4.69, 9.17) is 5.11 Å². The second-order valence-electron chi connectivity index (χ2n) is 4.70. The molecule has 0 aliphatic rings. The van der Waals surface area contributed by atoms with E-state index >= 15 is 0 Å². The van der Waals surface area contributed by atoms with Crippen molar-refractivity contribution in [2.75, 3.05) is 0 Å². The first-order chi connectivity index (χ1) is 11.1. The number of hydrogen-bond acceptors (Lipinski definition) is 4. The van der Waals surface area contributed by atoms with E-state index in [1.807, 2.05) is 6.07 Å². The van der Waals surface area contributed by atoms with Crippen molar-refractivity contribution in [2.24, 2.45) is 0 Å². The van der Waals surface area contributed by atoms with Crippen LogP contribution in [0.25, 0.3) is 0 Å². The van der Waals surface area contributed by atoms with Gasteiger partial charge in [-0.1, -0.05) is 54.6 Å². The van der Waals surface area contributed by atoms with Gasteiger partial charge in [-0.3, -0.25) is 4.79 Å². The molecule has 0 fully saturated rings. The number of aromatic hydroxyl groups is 3. The normalized spacial score (nSPS) is 9.57. The highest BCUT2D eigenvalue weighted by atomic mass is 16.3. The third-order valence-electron chi connectivity index (χ3n) is 3.04. The summed E-state index contributed by atoms with van der Waals surface area (Å²) < 4.78 is 0. The molecule has 4 nitrogen and oxygen atoms in total. The molecule has 0 heterocycles. The number of ketones is 1. The second kappa shape index (κ2) is 7.66. The summed E-state index contributed by atoms with van der Waals surface area (Å²) in [5.74, 6) is -0.499. The van der Waals surface area contributed by atoms with Crippen LogP contribution in [0.3, 0.4) is 0 Å². The molecule has 116 valence electrons. The summed E-state index contributed by atoms with van der Waals surface area (Å²) >= 11 is 0. The Labute approximate surface area is 133 Å². The zero-order valence-corrected chi connectivity index (χ0v) is 12.3. The second-order valence-corrected chi connectivity index (χ2v) is 4.70. The summed E-state index contributed by atoms with van der Waals surface area (Å²) in [6.07, 6.45) is 0. The Balaban J connectivity index is 0.000000229. The zero-order valence-electron chi connectivity index (χ0n) is 12.3. The number of carbonyl (C=O) groups is 1. The van der Waals surface area contributed by atoms with Crippen molar-refractivity contribution in [3.63, 3.8) is 0 Å². The van der Waals surface area contributed by atoms with Crippen molar-refractivity contribution in [3.05, 3.63) is 90.0 Å². The van der Waals surface area contributed by atoms with Crippen molar-refractivity contribution < 1.29 is 20.1 Å². The van der Waals surface area contributed by atoms with Crippen LogP contribution in [0.4, 0.5) is 0 Å². The first kappa shape index (κ1) is 16.1. The predicted molar refractivity (Wildman–Crippen MR) is 87.8 cm³/mol. The minimum Gasteiger partial charge on any atom is -0.508 e. The highest BCUT2D eigenvalue weighted by Gasteiger charge is 2.17. The molecule has 0 bridgehead atoms. The smallest absolute Gasteiger partial charge is 0.200 e. The maximum Gasteiger partial charge on any atom is 0.200 e. The molecule has 0 spiro atoms. The summed E-state index contributed by atoms with van der Waals surface area (Å²) in [6.45, 7) is 0. The average Bonchev–Trinajstić information content (AvgIpc) is 2.57. The van der Waals surface area contributed by atoms with Gasteiger partial charge in [-0.15, -0.1) is 0 Å². The van der Waals surface area contributed by atoms with Gasteiger partial charge in [0.2, 0.25) is 0 Å². The van der Waals surface area contributed by atoms with Crippen molar-refractivity contribution in [2.45, 2.75) is 0 Å². The van der Waals surface area contributed by atoms with Gasteiger partial charge in [-0.2, -0.15) is 0 Å². The van der Waals surface area contributed by atoms with Crippen molar-refractivity contribution >= 4 is 5.78 Å². The summed E-state index contributed by atoms with van der Waals surface area (Å²) in [5, 5.41) is 27.7. The molecule has 0 amide bonds. The molecule has 3 aromatic rings. The van der Waals surface area contributed by atoms with Gasteiger partial charge >= 0.3 is 0 Å². The van der Waals surface area contributed by atoms with Crippen LogP contribution in [0.1, 0.15) is 15.9 Å². The van der Waals surface area contributed by atoms with Crippen LogP contribution in [-0.4, -0.2) is 21.1 Å². The van der Waals surface area contributed by atoms with Crippen molar-refractivity contribution in [1.29, 1.82) is 0 Å². The van der Waals surface area contributed by atoms with E-state index in [0.29, 0.717) is 11.3 Å². The Hall–Kier alpha value is -3.27. The third-order valence-corrected chi connectivity index (χ3v) is 3.04. The standard InChI is InChI=1S/C13H10O3.C6H6O/c14-10-7-4-8-11(15)12(10)13(16)9-5-2-1-3-6-9;7-6-4-2-1-3-5-6/h1-8,14-15H;1-5,7H. The fourth-order valence-electron chi connectivity index (χ4n) is 1.92. The van der Waals surface area contributed by atoms with Crippen LogP contribution >= 0.6 is 0 Å². The number of phenols is 3. The van der Waals surface area contributed by atoms with Gasteiger partial charge in [0.05, 0.1) is 0 Å². The predicted octanol–water partition coefficient (Wildman–Crippen LogP) is 3.72. The van der Waals surface area contributed by atoms with Crippen LogP contribution in [0.15, 0.2) is 78.9 Å². The first-order valence-electron chi connectivity index (χ1n) is 6.94. The number of rotatable bonds is 2. The van der Waals surface area contributed by atoms with E-state index < -0.39 is 5.78 Å². The van der Waals surface area contributed by atoms with E-state index in [0.717, 1.165) is 0 Å². The van der Waals surface area contributed by atoms with E-state index in [2.05, 4.69) is 0 Å². The van der Waals surface area contributed by atoms with Crippen LogP contribution in [0, 0.1) is 0 Å². The van der Waals surface area contributed by atoms with Gasteiger partial charge < -0.3 is 15.3 Å². The van der Waals surface area contributed by atoms with Crippen LogP contribution in [0.2, 0.25) is 0 Å². The highest BCUT2D eigenvalue weighted by Crippen LogP contribution is 2.28. The molecule has 0 atom stereocenters. The van der Waals surface area contributed by atoms with Crippen LogP contribution in [0.5, 0.6) is 17.2 Å². The van der Waals surface area contributed by atoms with Gasteiger partial charge in [0.1, 0.15) is 22.8 Å². The minimum atomic E-state index is -0.392. The van der Waals surface area contributed by atoms with Gasteiger partial charge in [-0.25, -0.2) is 0 Å². The van der Waals surface area contributed by atoms with Gasteiger partial charge in [0, 0.05) is 5.56 Å². The molecule has 0 saturated carbocycles. The number of carbonyl (C=O) groups excluding carboxylic acids is 1. The van der Waals surface area contributed by atoms with Crippen molar-refractivity contribution in [1.82, 2.24) is 0 Å². The zero-order chi connectivity index (χ0) is 16.7. The quantitative estimate of drug-likeness (QED) is 0.630. The highest BCUT2D eigenvalue weighted by molar-refractivity contribution is 6.12. The monoisotopic (exact) mass is 308 g/mol. The van der Waals surface area contributed by atoms with Crippen molar-refractivity contribution in [3.8, 4) is 17.2 Å². The Morgan fingerprint density at radius 2 is 1.09 bits per heavy atom. The fourth-order valence-corrected chi connectivity index (χ4v) is 1.92. The first-order valence-corrected chi connectivity index (χ1v) is 6.94. The van der Waals surface area contributed by atoms with E-state index in [1.165, 1.54) is 18.2 Å². The molecule has 23 heavy (non-hydrogen) atoms. The molecule has 0 unspecified atom stereocenters. The number of phenolic OH excluding ortho intramolecular Hbond substituents is 3. The maximum atomic E-state index is 12.0. The lowest BCUT2D eigenvalue weighted by molar-refractivity contribution is 0.103. The summed E-state index contributed by atoms with van der Waals surface area (Å²) in [7, 11) is 0. The average molecular weight is 308 g/mol. The fraction of sp³-hybridized carbons (Fsp3) is 0. The van der Waals surface area contributed by atoms with Crippen LogP contribution < -0.4 is 0 Å². The van der Waals surface area contributed by atoms with E-state index in [9.17, 15) is 15.0 Å². The van der Waals surface area contributed by atoms with E-state index in [-0.39, 0.29) is 17.1 Å². The largest absolute Gasteiger partial charge is 0.508 e. The molecular formula is C19H16O4. The third kappa shape index (κ3) is 4.35. The van der Waals surface area contributed by atoms with Gasteiger partial charge in [0.15, 0.2) is 5.78 Å². The molecule has 4 heteroatoms. The van der Waals surface area contributed by atoms with Gasteiger partial charge in [0.25, 0.3) is 0 Å². The molecule has 0 aliphatic carbocycles. The molecular weight excluding hydrogens is 292 g/mol. The number of benzene rings is 3.